The molecule has 3 aliphatic carbocycles. The predicted molar refractivity (Wildman–Crippen MR) is 158 cm³/mol. The zero-order valence-corrected chi connectivity index (χ0v) is 25.2. The third-order valence-corrected chi connectivity index (χ3v) is 8.87. The number of hydrogen-bond donors (Lipinski definition) is 6. The third-order valence-electron chi connectivity index (χ3n) is 8.87. The fraction of sp³-hybridized carbons (Fsp3) is 0.533. The van der Waals surface area contributed by atoms with Gasteiger partial charge in [-0.05, 0) is 58.6 Å². The van der Waals surface area contributed by atoms with Gasteiger partial charge in [0.05, 0.1) is 43.7 Å². The van der Waals surface area contributed by atoms with Crippen LogP contribution >= 0.6 is 0 Å². The Morgan fingerprint density at radius 2 is 1.77 bits per heavy atom. The highest BCUT2D eigenvalue weighted by molar-refractivity contribution is 6.25. The third kappa shape index (κ3) is 5.26. The number of benzene rings is 1. The van der Waals surface area contributed by atoms with Crippen molar-refractivity contribution in [2.24, 2.45) is 11.8 Å². The van der Waals surface area contributed by atoms with Crippen LogP contribution in [-0.2, 0) is 30.3 Å². The minimum Gasteiger partial charge on any atom is -0.508 e. The average molecular weight is 614 g/mol. The molecule has 4 aliphatic rings. The number of carbonyl (C=O) groups excluding carboxylic acids is 4. The number of anilines is 1. The van der Waals surface area contributed by atoms with Gasteiger partial charge in [0.2, 0.25) is 11.7 Å². The van der Waals surface area contributed by atoms with Gasteiger partial charge in [0.15, 0.2) is 11.4 Å². The molecular weight excluding hydrogens is 574 g/mol. The number of Topliss-reactive ketones (excluding diaryl/α,β-unsaturated/α-hetero) is 2. The quantitative estimate of drug-likeness (QED) is 0.169. The van der Waals surface area contributed by atoms with E-state index in [2.05, 4.69) is 10.6 Å². The maximum absolute atomic E-state index is 14.2. The first-order chi connectivity index (χ1) is 20.8. The molecule has 2 fully saturated rings. The second kappa shape index (κ2) is 11.9. The lowest BCUT2D eigenvalue weighted by Gasteiger charge is -2.50. The van der Waals surface area contributed by atoms with E-state index >= 15 is 0 Å². The highest BCUT2D eigenvalue weighted by Crippen LogP contribution is 2.53. The molecule has 4 unspecified atom stereocenters. The van der Waals surface area contributed by atoms with Crippen LogP contribution in [-0.4, -0.2) is 138 Å². The maximum atomic E-state index is 14.2. The van der Waals surface area contributed by atoms with Crippen molar-refractivity contribution >= 4 is 34.8 Å². The van der Waals surface area contributed by atoms with Crippen molar-refractivity contribution in [3.05, 3.63) is 40.2 Å². The molecule has 44 heavy (non-hydrogen) atoms. The van der Waals surface area contributed by atoms with Crippen LogP contribution < -0.4 is 10.6 Å². The number of aromatic hydroxyl groups is 1. The number of carbonyl (C=O) groups is 4. The van der Waals surface area contributed by atoms with Crippen molar-refractivity contribution in [1.82, 2.24) is 20.0 Å². The van der Waals surface area contributed by atoms with E-state index in [-0.39, 0.29) is 42.9 Å². The van der Waals surface area contributed by atoms with E-state index in [1.54, 1.807) is 39.2 Å². The Labute approximate surface area is 254 Å². The molecule has 14 nitrogen and oxygen atoms in total. The van der Waals surface area contributed by atoms with Gasteiger partial charge >= 0.3 is 0 Å². The number of fused-ring (bicyclic) bond motifs is 3. The first kappa shape index (κ1) is 31.6. The van der Waals surface area contributed by atoms with E-state index in [1.165, 1.54) is 11.0 Å². The van der Waals surface area contributed by atoms with Crippen LogP contribution in [0.4, 0.5) is 5.69 Å². The van der Waals surface area contributed by atoms with Crippen molar-refractivity contribution in [1.29, 1.82) is 0 Å². The number of morpholine rings is 1. The van der Waals surface area contributed by atoms with Crippen molar-refractivity contribution in [2.75, 3.05) is 73.0 Å². The number of phenols is 1. The monoisotopic (exact) mass is 613 g/mol. The fourth-order valence-electron chi connectivity index (χ4n) is 6.81. The second-order valence-corrected chi connectivity index (χ2v) is 12.3. The number of amides is 2. The normalized spacial score (nSPS) is 27.3. The molecule has 1 aromatic rings. The molecule has 0 radical (unpaired) electrons. The molecule has 1 aliphatic heterocycles. The highest BCUT2D eigenvalue weighted by Gasteiger charge is 2.64. The van der Waals surface area contributed by atoms with Gasteiger partial charge in [0.1, 0.15) is 22.8 Å². The molecular formula is C30H39N5O9. The number of aliphatic hydroxyl groups is 3. The maximum Gasteiger partial charge on any atom is 0.259 e. The van der Waals surface area contributed by atoms with E-state index < -0.39 is 69.7 Å². The lowest BCUT2D eigenvalue weighted by molar-refractivity contribution is -0.154. The molecule has 4 atom stereocenters. The number of ether oxygens (including phenoxy) is 1. The smallest absolute Gasteiger partial charge is 0.259 e. The fourth-order valence-corrected chi connectivity index (χ4v) is 6.81. The topological polar surface area (TPSA) is 192 Å². The van der Waals surface area contributed by atoms with E-state index in [9.17, 15) is 39.6 Å². The van der Waals surface area contributed by atoms with Crippen LogP contribution in [0.5, 0.6) is 5.75 Å². The SMILES string of the molecule is CN(C)CC(=O)Nc1ccc2c(c1O)C(O)=C1C(=O)C3(O)C(O)=C(C(=O)NCN4CCOCC4)C(=O)C(N(C)C)C3CC1C2. The predicted octanol–water partition coefficient (Wildman–Crippen LogP) is -0.615. The Kier molecular flexibility index (Phi) is 8.57. The number of rotatable bonds is 7. The molecule has 1 saturated carbocycles. The van der Waals surface area contributed by atoms with E-state index in [0.717, 1.165) is 0 Å². The molecule has 1 saturated heterocycles. The number of nitrogens with one attached hydrogen (secondary N) is 2. The van der Waals surface area contributed by atoms with Gasteiger partial charge in [-0.3, -0.25) is 29.0 Å². The summed E-state index contributed by atoms with van der Waals surface area (Å²) in [6.07, 6.45) is 0.197. The minimum atomic E-state index is -2.70. The summed E-state index contributed by atoms with van der Waals surface area (Å²) < 4.78 is 5.31. The highest BCUT2D eigenvalue weighted by atomic mass is 16.5. The molecule has 2 amide bonds. The first-order valence-corrected chi connectivity index (χ1v) is 14.5. The summed E-state index contributed by atoms with van der Waals surface area (Å²) in [5.41, 5.74) is -3.18. The number of hydrogen-bond acceptors (Lipinski definition) is 12. The molecule has 6 N–H and O–H groups in total. The van der Waals surface area contributed by atoms with Crippen LogP contribution in [0.25, 0.3) is 5.76 Å². The number of nitrogens with zero attached hydrogens (tertiary/aromatic N) is 3. The molecule has 5 rings (SSSR count). The number of phenolic OH excluding ortho intramolecular Hbond substituents is 1. The molecule has 1 aromatic carbocycles. The molecule has 1 heterocycles. The molecule has 0 spiro atoms. The van der Waals surface area contributed by atoms with Crippen LogP contribution in [0.2, 0.25) is 0 Å². The standard InChI is InChI=1S/C30H39N5O9/c1-33(2)13-19(36)32-18-6-5-15-11-16-12-17-23(34(3)4)26(39)22(29(42)31-14-35-7-9-44-10-8-35)28(41)30(17,43)27(40)21(16)25(38)20(15)24(18)37/h5-6,16-17,23,37-38,41,43H,7-14H2,1-4H3,(H,31,42)(H,32,36). The molecule has 238 valence electrons. The van der Waals surface area contributed by atoms with E-state index in [1.807, 2.05) is 4.90 Å². The van der Waals surface area contributed by atoms with Crippen LogP contribution in [0.1, 0.15) is 17.5 Å². The van der Waals surface area contributed by atoms with E-state index in [0.29, 0.717) is 31.9 Å². The van der Waals surface area contributed by atoms with Crippen molar-refractivity contribution in [2.45, 2.75) is 24.5 Å². The Morgan fingerprint density at radius 1 is 1.09 bits per heavy atom. The van der Waals surface area contributed by atoms with Gasteiger partial charge < -0.3 is 40.7 Å². The zero-order valence-electron chi connectivity index (χ0n) is 25.2. The van der Waals surface area contributed by atoms with Gasteiger partial charge in [-0.1, -0.05) is 6.07 Å². The van der Waals surface area contributed by atoms with Crippen molar-refractivity contribution in [3.8, 4) is 5.75 Å². The summed E-state index contributed by atoms with van der Waals surface area (Å²) in [6.45, 7) is 2.15. The molecule has 0 bridgehead atoms. The first-order valence-electron chi connectivity index (χ1n) is 14.5. The summed E-state index contributed by atoms with van der Waals surface area (Å²) in [5, 5.41) is 51.1. The summed E-state index contributed by atoms with van der Waals surface area (Å²) in [4.78, 5) is 58.6. The lowest BCUT2D eigenvalue weighted by Crippen LogP contribution is -2.66. The number of aliphatic hydroxyl groups excluding tert-OH is 2. The summed E-state index contributed by atoms with van der Waals surface area (Å²) in [7, 11) is 6.58. The average Bonchev–Trinajstić information content (AvgIpc) is 2.95. The number of likely N-dealkylation sites (N-methyl/N-ethyl adjacent to an activating group) is 2. The summed E-state index contributed by atoms with van der Waals surface area (Å²) in [5.74, 6) is -7.02. The Bertz CT molecular complexity index is 1460. The second-order valence-electron chi connectivity index (χ2n) is 12.3. The molecule has 0 aromatic heterocycles. The van der Waals surface area contributed by atoms with Crippen LogP contribution in [0.3, 0.4) is 0 Å². The van der Waals surface area contributed by atoms with Crippen molar-refractivity contribution in [3.63, 3.8) is 0 Å². The Hall–Kier alpha value is -3.82. The molecule has 14 heteroatoms. The van der Waals surface area contributed by atoms with Crippen molar-refractivity contribution < 1.29 is 44.3 Å². The van der Waals surface area contributed by atoms with Gasteiger partial charge in [-0.2, -0.15) is 0 Å². The lowest BCUT2D eigenvalue weighted by atomic mass is 9.57. The van der Waals surface area contributed by atoms with E-state index in [4.69, 9.17) is 4.74 Å². The van der Waals surface area contributed by atoms with Gasteiger partial charge in [-0.15, -0.1) is 0 Å². The largest absolute Gasteiger partial charge is 0.508 e. The summed E-state index contributed by atoms with van der Waals surface area (Å²) in [6, 6.07) is 2.00. The summed E-state index contributed by atoms with van der Waals surface area (Å²) >= 11 is 0. The number of ketones is 2. The van der Waals surface area contributed by atoms with Gasteiger partial charge in [0.25, 0.3) is 5.91 Å². The Morgan fingerprint density at radius 3 is 2.41 bits per heavy atom. The minimum absolute atomic E-state index is 0.0183. The van der Waals surface area contributed by atoms with Gasteiger partial charge in [0, 0.05) is 24.6 Å². The van der Waals surface area contributed by atoms with Gasteiger partial charge in [-0.25, -0.2) is 0 Å². The van der Waals surface area contributed by atoms with Crippen LogP contribution in [0, 0.1) is 11.8 Å². The van der Waals surface area contributed by atoms with Crippen LogP contribution in [0.15, 0.2) is 29.0 Å². The Balaban J connectivity index is 1.54. The zero-order chi connectivity index (χ0) is 32.1.